The first-order chi connectivity index (χ1) is 8.47. The van der Waals surface area contributed by atoms with Crippen LogP contribution in [0.1, 0.15) is 30.9 Å². The van der Waals surface area contributed by atoms with Gasteiger partial charge >= 0.3 is 0 Å². The van der Waals surface area contributed by atoms with E-state index < -0.39 is 0 Å². The Morgan fingerprint density at radius 1 is 1.39 bits per heavy atom. The molecule has 0 amide bonds. The van der Waals surface area contributed by atoms with Crippen molar-refractivity contribution in [3.8, 4) is 5.69 Å². The maximum atomic E-state index is 11.3. The summed E-state index contributed by atoms with van der Waals surface area (Å²) in [6.45, 7) is 5.45. The summed E-state index contributed by atoms with van der Waals surface area (Å²) in [6, 6.07) is 5.75. The van der Waals surface area contributed by atoms with Gasteiger partial charge in [-0.2, -0.15) is 5.10 Å². The minimum Gasteiger partial charge on any atom is -0.299 e. The molecule has 0 saturated heterocycles. The highest BCUT2D eigenvalue weighted by atomic mass is 35.5. The van der Waals surface area contributed by atoms with Crippen LogP contribution in [0.2, 0.25) is 5.02 Å². The van der Waals surface area contributed by atoms with Crippen LogP contribution in [0.4, 0.5) is 0 Å². The number of benzene rings is 1. The third-order valence-electron chi connectivity index (χ3n) is 3.00. The smallest absolute Gasteiger partial charge is 0.137 e. The van der Waals surface area contributed by atoms with E-state index in [-0.39, 0.29) is 11.7 Å². The number of aromatic nitrogens is 2. The van der Waals surface area contributed by atoms with Crippen molar-refractivity contribution in [2.24, 2.45) is 0 Å². The van der Waals surface area contributed by atoms with E-state index >= 15 is 0 Å². The van der Waals surface area contributed by atoms with Crippen molar-refractivity contribution in [3.63, 3.8) is 0 Å². The Morgan fingerprint density at radius 3 is 2.72 bits per heavy atom. The summed E-state index contributed by atoms with van der Waals surface area (Å²) in [7, 11) is 0. The van der Waals surface area contributed by atoms with Crippen LogP contribution in [0.3, 0.4) is 0 Å². The van der Waals surface area contributed by atoms with Crippen LogP contribution < -0.4 is 0 Å². The average molecular weight is 263 g/mol. The lowest BCUT2D eigenvalue weighted by molar-refractivity contribution is -0.118. The quantitative estimate of drug-likeness (QED) is 0.848. The van der Waals surface area contributed by atoms with Crippen molar-refractivity contribution >= 4 is 17.4 Å². The number of aryl methyl sites for hydroxylation is 1. The number of rotatable bonds is 3. The van der Waals surface area contributed by atoms with E-state index in [0.29, 0.717) is 5.02 Å². The zero-order valence-corrected chi connectivity index (χ0v) is 11.4. The maximum Gasteiger partial charge on any atom is 0.137 e. The number of Topliss-reactive ketones (excluding diaryl/α,β-unsaturated/α-hetero) is 1. The minimum atomic E-state index is -0.126. The Labute approximate surface area is 111 Å². The van der Waals surface area contributed by atoms with Crippen molar-refractivity contribution in [1.82, 2.24) is 9.78 Å². The second kappa shape index (κ2) is 4.94. The third kappa shape index (κ3) is 2.62. The molecule has 18 heavy (non-hydrogen) atoms. The highest BCUT2D eigenvalue weighted by Crippen LogP contribution is 2.20. The first-order valence-corrected chi connectivity index (χ1v) is 6.18. The van der Waals surface area contributed by atoms with Crippen LogP contribution in [-0.4, -0.2) is 15.6 Å². The van der Waals surface area contributed by atoms with Crippen molar-refractivity contribution in [3.05, 3.63) is 46.7 Å². The summed E-state index contributed by atoms with van der Waals surface area (Å²) in [5.41, 5.74) is 2.90. The molecule has 2 rings (SSSR count). The summed E-state index contributed by atoms with van der Waals surface area (Å²) in [5.74, 6) is 0.0101. The molecule has 0 saturated carbocycles. The number of hydrogen-bond acceptors (Lipinski definition) is 2. The lowest BCUT2D eigenvalue weighted by Gasteiger charge is -2.05. The fraction of sp³-hybridized carbons (Fsp3) is 0.286. The number of ketones is 1. The van der Waals surface area contributed by atoms with Crippen LogP contribution >= 0.6 is 11.6 Å². The third-order valence-corrected chi connectivity index (χ3v) is 3.22. The molecule has 0 aliphatic heterocycles. The SMILES string of the molecule is CC(=O)C(C)c1cnn(-c2cc(C)cc(Cl)c2)c1. The van der Waals surface area contributed by atoms with E-state index in [1.165, 1.54) is 0 Å². The number of halogens is 1. The summed E-state index contributed by atoms with van der Waals surface area (Å²) in [5, 5.41) is 4.96. The van der Waals surface area contributed by atoms with E-state index in [9.17, 15) is 4.79 Å². The predicted octanol–water partition coefficient (Wildman–Crippen LogP) is 3.53. The van der Waals surface area contributed by atoms with E-state index in [4.69, 9.17) is 11.6 Å². The molecule has 1 aromatic heterocycles. The first-order valence-electron chi connectivity index (χ1n) is 5.80. The first kappa shape index (κ1) is 12.8. The summed E-state index contributed by atoms with van der Waals surface area (Å²) < 4.78 is 1.74. The zero-order valence-electron chi connectivity index (χ0n) is 10.6. The zero-order chi connectivity index (χ0) is 13.3. The Kier molecular flexibility index (Phi) is 3.53. The predicted molar refractivity (Wildman–Crippen MR) is 72.4 cm³/mol. The van der Waals surface area contributed by atoms with Gasteiger partial charge in [-0.25, -0.2) is 4.68 Å². The van der Waals surface area contributed by atoms with Crippen LogP contribution in [0.15, 0.2) is 30.6 Å². The van der Waals surface area contributed by atoms with Crippen molar-refractivity contribution < 1.29 is 4.79 Å². The average Bonchev–Trinajstić information content (AvgIpc) is 2.75. The van der Waals surface area contributed by atoms with Crippen LogP contribution in [0.25, 0.3) is 5.69 Å². The van der Waals surface area contributed by atoms with E-state index in [1.807, 2.05) is 38.2 Å². The summed E-state index contributed by atoms with van der Waals surface area (Å²) in [4.78, 5) is 11.3. The molecule has 2 aromatic rings. The number of carbonyl (C=O) groups excluding carboxylic acids is 1. The van der Waals surface area contributed by atoms with Gasteiger partial charge in [0.05, 0.1) is 11.9 Å². The number of carbonyl (C=O) groups is 1. The minimum absolute atomic E-state index is 0.126. The molecule has 1 unspecified atom stereocenters. The fourth-order valence-corrected chi connectivity index (χ4v) is 2.07. The van der Waals surface area contributed by atoms with Crippen LogP contribution in [0, 0.1) is 6.92 Å². The molecule has 0 N–H and O–H groups in total. The van der Waals surface area contributed by atoms with Gasteiger partial charge in [0, 0.05) is 22.7 Å². The molecule has 94 valence electrons. The van der Waals surface area contributed by atoms with E-state index in [2.05, 4.69) is 5.10 Å². The summed E-state index contributed by atoms with van der Waals surface area (Å²) >= 11 is 6.02. The van der Waals surface area contributed by atoms with Gasteiger partial charge in [0.25, 0.3) is 0 Å². The lowest BCUT2D eigenvalue weighted by Crippen LogP contribution is -2.03. The van der Waals surface area contributed by atoms with Gasteiger partial charge < -0.3 is 0 Å². The molecular weight excluding hydrogens is 248 g/mol. The Morgan fingerprint density at radius 2 is 2.11 bits per heavy atom. The van der Waals surface area contributed by atoms with Gasteiger partial charge in [-0.05, 0) is 37.6 Å². The second-order valence-electron chi connectivity index (χ2n) is 4.54. The van der Waals surface area contributed by atoms with Crippen LogP contribution in [-0.2, 0) is 4.79 Å². The van der Waals surface area contributed by atoms with Gasteiger partial charge in [0.1, 0.15) is 5.78 Å². The molecule has 0 aliphatic rings. The highest BCUT2D eigenvalue weighted by Gasteiger charge is 2.13. The normalized spacial score (nSPS) is 12.4. The van der Waals surface area contributed by atoms with Crippen molar-refractivity contribution in [2.75, 3.05) is 0 Å². The number of nitrogens with zero attached hydrogens (tertiary/aromatic N) is 2. The van der Waals surface area contributed by atoms with Gasteiger partial charge in [-0.1, -0.05) is 18.5 Å². The molecule has 3 nitrogen and oxygen atoms in total. The molecule has 1 atom stereocenters. The van der Waals surface area contributed by atoms with Gasteiger partial charge in [0.15, 0.2) is 0 Å². The van der Waals surface area contributed by atoms with E-state index in [0.717, 1.165) is 16.8 Å². The largest absolute Gasteiger partial charge is 0.299 e. The van der Waals surface area contributed by atoms with Crippen molar-refractivity contribution in [1.29, 1.82) is 0 Å². The monoisotopic (exact) mass is 262 g/mol. The molecule has 0 bridgehead atoms. The Balaban J connectivity index is 2.37. The highest BCUT2D eigenvalue weighted by molar-refractivity contribution is 6.30. The molecule has 0 spiro atoms. The molecule has 0 aliphatic carbocycles. The maximum absolute atomic E-state index is 11.3. The molecule has 0 fully saturated rings. The molecule has 1 aromatic carbocycles. The Bertz CT molecular complexity index is 569. The number of hydrogen-bond donors (Lipinski definition) is 0. The van der Waals surface area contributed by atoms with Crippen molar-refractivity contribution in [2.45, 2.75) is 26.7 Å². The summed E-state index contributed by atoms with van der Waals surface area (Å²) in [6.07, 6.45) is 3.60. The molecular formula is C14H15ClN2O. The van der Waals surface area contributed by atoms with Gasteiger partial charge in [-0.15, -0.1) is 0 Å². The molecule has 0 radical (unpaired) electrons. The van der Waals surface area contributed by atoms with Gasteiger partial charge in [0.2, 0.25) is 0 Å². The lowest BCUT2D eigenvalue weighted by atomic mass is 10.0. The second-order valence-corrected chi connectivity index (χ2v) is 4.97. The molecule has 1 heterocycles. The fourth-order valence-electron chi connectivity index (χ4n) is 1.79. The molecule has 4 heteroatoms. The standard InChI is InChI=1S/C14H15ClN2O/c1-9-4-13(15)6-14(5-9)17-8-12(7-16-17)10(2)11(3)18/h4-8,10H,1-3H3. The Hall–Kier alpha value is -1.61. The van der Waals surface area contributed by atoms with Gasteiger partial charge in [-0.3, -0.25) is 4.79 Å². The topological polar surface area (TPSA) is 34.9 Å². The van der Waals surface area contributed by atoms with E-state index in [1.54, 1.807) is 17.8 Å². The van der Waals surface area contributed by atoms with Crippen LogP contribution in [0.5, 0.6) is 0 Å².